The topological polar surface area (TPSA) is 58.2 Å². The van der Waals surface area contributed by atoms with Crippen LogP contribution in [-0.4, -0.2) is 28.0 Å². The number of hydrogen-bond acceptors (Lipinski definition) is 4. The fourth-order valence-electron chi connectivity index (χ4n) is 3.75. The summed E-state index contributed by atoms with van der Waals surface area (Å²) in [7, 11) is 0. The summed E-state index contributed by atoms with van der Waals surface area (Å²) in [6, 6.07) is 12.5. The number of fused-ring (bicyclic) bond motifs is 1. The molecule has 31 heavy (non-hydrogen) atoms. The first-order valence-electron chi connectivity index (χ1n) is 10.1. The highest BCUT2D eigenvalue weighted by atomic mass is 19.4. The van der Waals surface area contributed by atoms with Crippen molar-refractivity contribution in [2.24, 2.45) is 0 Å². The highest BCUT2D eigenvalue weighted by molar-refractivity contribution is 5.56. The van der Waals surface area contributed by atoms with E-state index >= 15 is 0 Å². The van der Waals surface area contributed by atoms with E-state index in [2.05, 4.69) is 14.9 Å². The second-order valence-corrected chi connectivity index (χ2v) is 7.42. The molecule has 4 rings (SSSR count). The molecule has 0 amide bonds. The first-order chi connectivity index (χ1) is 14.8. The van der Waals surface area contributed by atoms with Gasteiger partial charge in [0, 0.05) is 36.3 Å². The van der Waals surface area contributed by atoms with E-state index in [9.17, 15) is 18.0 Å². The summed E-state index contributed by atoms with van der Waals surface area (Å²) >= 11 is 0. The van der Waals surface area contributed by atoms with Gasteiger partial charge in [-0.25, -0.2) is 4.98 Å². The van der Waals surface area contributed by atoms with Crippen LogP contribution in [0.4, 0.5) is 13.2 Å². The Labute approximate surface area is 177 Å². The monoisotopic (exact) mass is 429 g/mol. The Bertz CT molecular complexity index is 1120. The number of ether oxygens (including phenoxy) is 1. The van der Waals surface area contributed by atoms with Crippen LogP contribution in [0.1, 0.15) is 29.3 Å². The molecule has 2 heterocycles. The Morgan fingerprint density at radius 2 is 1.87 bits per heavy atom. The molecule has 5 nitrogen and oxygen atoms in total. The number of aromatic nitrogens is 2. The van der Waals surface area contributed by atoms with Crippen LogP contribution >= 0.6 is 0 Å². The number of aromatic amines is 1. The van der Waals surface area contributed by atoms with Gasteiger partial charge in [0.15, 0.2) is 0 Å². The molecule has 0 saturated heterocycles. The zero-order chi connectivity index (χ0) is 22.0. The summed E-state index contributed by atoms with van der Waals surface area (Å²) in [4.78, 5) is 22.0. The molecule has 2 aromatic carbocycles. The maximum atomic E-state index is 12.8. The van der Waals surface area contributed by atoms with Crippen molar-refractivity contribution in [2.45, 2.75) is 32.6 Å². The van der Waals surface area contributed by atoms with E-state index in [-0.39, 0.29) is 11.4 Å². The Morgan fingerprint density at radius 1 is 1.13 bits per heavy atom. The summed E-state index contributed by atoms with van der Waals surface area (Å²) in [5.41, 5.74) is 1.79. The molecule has 0 spiro atoms. The van der Waals surface area contributed by atoms with E-state index in [1.165, 1.54) is 12.1 Å². The summed E-state index contributed by atoms with van der Waals surface area (Å²) in [6.07, 6.45) is -3.85. The fourth-order valence-corrected chi connectivity index (χ4v) is 3.75. The number of H-pyrrole nitrogens is 1. The molecular weight excluding hydrogens is 407 g/mol. The number of nitrogens with zero attached hydrogens (tertiary/aromatic N) is 2. The number of hydrogen-bond donors (Lipinski definition) is 1. The molecule has 0 saturated carbocycles. The molecular formula is C23H22F3N3O2. The maximum Gasteiger partial charge on any atom is 0.416 e. The molecule has 1 aromatic heterocycles. The molecule has 0 fully saturated rings. The summed E-state index contributed by atoms with van der Waals surface area (Å²) < 4.78 is 44.2. The van der Waals surface area contributed by atoms with E-state index in [4.69, 9.17) is 4.74 Å². The van der Waals surface area contributed by atoms with E-state index in [0.29, 0.717) is 49.5 Å². The first-order valence-corrected chi connectivity index (χ1v) is 10.1. The van der Waals surface area contributed by atoms with Crippen molar-refractivity contribution in [3.8, 4) is 17.1 Å². The maximum absolute atomic E-state index is 12.8. The quantitative estimate of drug-likeness (QED) is 0.653. The number of nitrogens with one attached hydrogen (secondary N) is 1. The predicted octanol–water partition coefficient (Wildman–Crippen LogP) is 4.41. The van der Waals surface area contributed by atoms with Crippen molar-refractivity contribution >= 4 is 0 Å². The minimum Gasteiger partial charge on any atom is -0.494 e. The second kappa shape index (κ2) is 8.55. The average molecular weight is 429 g/mol. The molecule has 3 aromatic rings. The lowest BCUT2D eigenvalue weighted by molar-refractivity contribution is -0.137. The van der Waals surface area contributed by atoms with Crippen molar-refractivity contribution in [2.75, 3.05) is 13.2 Å². The Hall–Kier alpha value is -3.13. The van der Waals surface area contributed by atoms with E-state index in [1.54, 1.807) is 0 Å². The van der Waals surface area contributed by atoms with Gasteiger partial charge in [-0.15, -0.1) is 0 Å². The molecule has 0 atom stereocenters. The Kier molecular flexibility index (Phi) is 5.82. The largest absolute Gasteiger partial charge is 0.494 e. The van der Waals surface area contributed by atoms with Gasteiger partial charge in [-0.05, 0) is 31.5 Å². The van der Waals surface area contributed by atoms with Gasteiger partial charge < -0.3 is 9.72 Å². The molecule has 0 aliphatic carbocycles. The molecule has 8 heteroatoms. The number of para-hydroxylation sites is 1. The van der Waals surface area contributed by atoms with Crippen molar-refractivity contribution < 1.29 is 17.9 Å². The second-order valence-electron chi connectivity index (χ2n) is 7.42. The van der Waals surface area contributed by atoms with Gasteiger partial charge in [-0.2, -0.15) is 13.2 Å². The minimum absolute atomic E-state index is 0.241. The third kappa shape index (κ3) is 4.64. The van der Waals surface area contributed by atoms with Crippen molar-refractivity contribution in [3.63, 3.8) is 0 Å². The molecule has 1 aliphatic rings. The lowest BCUT2D eigenvalue weighted by Gasteiger charge is -2.28. The molecule has 162 valence electrons. The van der Waals surface area contributed by atoms with Crippen LogP contribution in [0.25, 0.3) is 11.4 Å². The summed E-state index contributed by atoms with van der Waals surface area (Å²) in [5.74, 6) is 1.11. The third-order valence-corrected chi connectivity index (χ3v) is 5.30. The number of halogens is 3. The van der Waals surface area contributed by atoms with Crippen molar-refractivity contribution in [1.82, 2.24) is 14.9 Å². The lowest BCUT2D eigenvalue weighted by atomic mass is 10.0. The van der Waals surface area contributed by atoms with Gasteiger partial charge in [-0.1, -0.05) is 30.3 Å². The smallest absolute Gasteiger partial charge is 0.416 e. The van der Waals surface area contributed by atoms with Gasteiger partial charge in [0.1, 0.15) is 11.6 Å². The van der Waals surface area contributed by atoms with Crippen molar-refractivity contribution in [3.05, 3.63) is 81.3 Å². The first kappa shape index (κ1) is 21.1. The highest BCUT2D eigenvalue weighted by Crippen LogP contribution is 2.30. The van der Waals surface area contributed by atoms with E-state index in [0.717, 1.165) is 23.4 Å². The summed E-state index contributed by atoms with van der Waals surface area (Å²) in [6.45, 7) is 4.35. The van der Waals surface area contributed by atoms with Crippen LogP contribution < -0.4 is 10.3 Å². The number of benzene rings is 2. The van der Waals surface area contributed by atoms with Crippen LogP contribution in [0.3, 0.4) is 0 Å². The Morgan fingerprint density at radius 3 is 2.58 bits per heavy atom. The van der Waals surface area contributed by atoms with Gasteiger partial charge in [0.05, 0.1) is 17.9 Å². The average Bonchev–Trinajstić information content (AvgIpc) is 2.74. The summed E-state index contributed by atoms with van der Waals surface area (Å²) in [5, 5.41) is 0. The minimum atomic E-state index is -4.41. The Balaban J connectivity index is 1.58. The predicted molar refractivity (Wildman–Crippen MR) is 111 cm³/mol. The van der Waals surface area contributed by atoms with E-state index < -0.39 is 11.7 Å². The van der Waals surface area contributed by atoms with Crippen LogP contribution in [0.15, 0.2) is 53.3 Å². The van der Waals surface area contributed by atoms with Gasteiger partial charge in [-0.3, -0.25) is 9.69 Å². The zero-order valence-corrected chi connectivity index (χ0v) is 17.0. The fraction of sp³-hybridized carbons (Fsp3) is 0.304. The number of rotatable bonds is 5. The van der Waals surface area contributed by atoms with Gasteiger partial charge >= 0.3 is 6.18 Å². The molecule has 1 N–H and O–H groups in total. The molecule has 0 radical (unpaired) electrons. The van der Waals surface area contributed by atoms with Gasteiger partial charge in [0.2, 0.25) is 0 Å². The normalized spacial score (nSPS) is 14.3. The van der Waals surface area contributed by atoms with Crippen molar-refractivity contribution in [1.29, 1.82) is 0 Å². The SMILES string of the molecule is CCOc1ccccc1CN1CCc2c(nc(-c3ccc(C(F)(F)F)cc3)[nH]c2=O)C1. The van der Waals surface area contributed by atoms with E-state index in [1.807, 2.05) is 31.2 Å². The highest BCUT2D eigenvalue weighted by Gasteiger charge is 2.30. The standard InChI is InChI=1S/C23H22F3N3O2/c1-2-31-20-6-4-3-5-16(20)13-29-12-11-18-19(14-29)27-21(28-22(18)30)15-7-9-17(10-8-15)23(24,25)26/h3-10H,2,11-14H2,1H3,(H,27,28,30). The van der Waals surface area contributed by atoms with Crippen LogP contribution in [0.2, 0.25) is 0 Å². The zero-order valence-electron chi connectivity index (χ0n) is 17.0. The number of alkyl halides is 3. The van der Waals surface area contributed by atoms with Crippen LogP contribution in [0.5, 0.6) is 5.75 Å². The molecule has 0 unspecified atom stereocenters. The molecule has 1 aliphatic heterocycles. The molecule has 0 bridgehead atoms. The lowest BCUT2D eigenvalue weighted by Crippen LogP contribution is -2.35. The van der Waals surface area contributed by atoms with Crippen LogP contribution in [-0.2, 0) is 25.7 Å². The van der Waals surface area contributed by atoms with Gasteiger partial charge in [0.25, 0.3) is 5.56 Å². The third-order valence-electron chi connectivity index (χ3n) is 5.30. The van der Waals surface area contributed by atoms with Crippen LogP contribution in [0, 0.1) is 0 Å².